The molecule has 3 aromatic rings. The van der Waals surface area contributed by atoms with Gasteiger partial charge in [0.25, 0.3) is 0 Å². The second kappa shape index (κ2) is 11.2. The van der Waals surface area contributed by atoms with Gasteiger partial charge in [0.15, 0.2) is 0 Å². The van der Waals surface area contributed by atoms with Gasteiger partial charge in [0.2, 0.25) is 11.0 Å². The van der Waals surface area contributed by atoms with Crippen LogP contribution in [-0.2, 0) is 11.2 Å². The third kappa shape index (κ3) is 5.61. The number of ether oxygens (including phenoxy) is 1. The van der Waals surface area contributed by atoms with Crippen LogP contribution in [0.2, 0.25) is 0 Å². The fourth-order valence-electron chi connectivity index (χ4n) is 4.97. The Morgan fingerprint density at radius 3 is 2.44 bits per heavy atom. The molecule has 2 saturated heterocycles. The number of amides is 1. The summed E-state index contributed by atoms with van der Waals surface area (Å²) in [5.41, 5.74) is 2.10. The van der Waals surface area contributed by atoms with E-state index < -0.39 is 0 Å². The van der Waals surface area contributed by atoms with Gasteiger partial charge < -0.3 is 19.4 Å². The molecule has 1 aromatic heterocycles. The molecule has 2 aliphatic rings. The van der Waals surface area contributed by atoms with Crippen molar-refractivity contribution in [2.45, 2.75) is 26.2 Å². The zero-order valence-electron chi connectivity index (χ0n) is 20.6. The lowest BCUT2D eigenvalue weighted by atomic mass is 9.95. The number of carbonyl (C=O) groups is 1. The number of aromatic nitrogens is 2. The maximum Gasteiger partial charge on any atom is 0.225 e. The summed E-state index contributed by atoms with van der Waals surface area (Å²) in [6.07, 6.45) is 2.25. The Kier molecular flexibility index (Phi) is 7.65. The summed E-state index contributed by atoms with van der Waals surface area (Å²) < 4.78 is 23.4. The van der Waals surface area contributed by atoms with Crippen LogP contribution in [0, 0.1) is 11.7 Å². The molecule has 0 saturated carbocycles. The second-order valence-electron chi connectivity index (χ2n) is 9.27. The lowest BCUT2D eigenvalue weighted by molar-refractivity contribution is -0.136. The molecule has 36 heavy (non-hydrogen) atoms. The van der Waals surface area contributed by atoms with Crippen LogP contribution >= 0.6 is 11.5 Å². The molecule has 9 heteroatoms. The molecule has 0 atom stereocenters. The number of nitrogens with zero attached hydrogens (tertiary/aromatic N) is 5. The quantitative estimate of drug-likeness (QED) is 0.475. The van der Waals surface area contributed by atoms with Gasteiger partial charge >= 0.3 is 0 Å². The van der Waals surface area contributed by atoms with Crippen LogP contribution < -0.4 is 14.5 Å². The van der Waals surface area contributed by atoms with Crippen molar-refractivity contribution in [3.05, 3.63) is 65.7 Å². The molecule has 5 rings (SSSR count). The summed E-state index contributed by atoms with van der Waals surface area (Å²) in [4.78, 5) is 24.5. The first-order chi connectivity index (χ1) is 17.6. The first-order valence-electron chi connectivity index (χ1n) is 12.7. The van der Waals surface area contributed by atoms with E-state index in [4.69, 9.17) is 9.72 Å². The Morgan fingerprint density at radius 1 is 1.00 bits per heavy atom. The average molecular weight is 510 g/mol. The average Bonchev–Trinajstić information content (AvgIpc) is 3.39. The molecule has 0 aliphatic carbocycles. The number of anilines is 2. The normalized spacial score (nSPS) is 16.9. The standard InChI is InChI=1S/C27H32FN5O2S/c1-2-35-24-6-4-3-5-23(24)31-15-17-32(18-16-31)26(34)21-11-13-33(14-12-21)27-29-25(30-36-27)19-20-7-9-22(28)10-8-20/h3-10,21H,2,11-19H2,1H3. The van der Waals surface area contributed by atoms with Gasteiger partial charge in [0, 0.05) is 63.1 Å². The van der Waals surface area contributed by atoms with Gasteiger partial charge in [-0.2, -0.15) is 4.37 Å². The second-order valence-corrected chi connectivity index (χ2v) is 10.0. The molecule has 2 fully saturated rings. The molecular weight excluding hydrogens is 477 g/mol. The van der Waals surface area contributed by atoms with E-state index in [2.05, 4.69) is 20.2 Å². The van der Waals surface area contributed by atoms with E-state index in [-0.39, 0.29) is 17.6 Å². The van der Waals surface area contributed by atoms with Crippen LogP contribution in [0.15, 0.2) is 48.5 Å². The SMILES string of the molecule is CCOc1ccccc1N1CCN(C(=O)C2CCN(c3nc(Cc4ccc(F)cc4)ns3)CC2)CC1. The summed E-state index contributed by atoms with van der Waals surface area (Å²) in [6.45, 7) is 7.36. The Bertz CT molecular complexity index is 1150. The summed E-state index contributed by atoms with van der Waals surface area (Å²) in [6, 6.07) is 14.6. The minimum Gasteiger partial charge on any atom is -0.492 e. The van der Waals surface area contributed by atoms with Gasteiger partial charge in [-0.15, -0.1) is 0 Å². The number of benzene rings is 2. The largest absolute Gasteiger partial charge is 0.492 e. The van der Waals surface area contributed by atoms with E-state index in [1.165, 1.54) is 23.7 Å². The van der Waals surface area contributed by atoms with Crippen LogP contribution in [0.25, 0.3) is 0 Å². The van der Waals surface area contributed by atoms with Crippen molar-refractivity contribution in [1.82, 2.24) is 14.3 Å². The smallest absolute Gasteiger partial charge is 0.225 e. The molecule has 7 nitrogen and oxygen atoms in total. The Labute approximate surface area is 215 Å². The number of rotatable bonds is 7. The van der Waals surface area contributed by atoms with E-state index in [0.717, 1.165) is 80.1 Å². The van der Waals surface area contributed by atoms with Crippen LogP contribution in [0.5, 0.6) is 5.75 Å². The zero-order chi connectivity index (χ0) is 24.9. The van der Waals surface area contributed by atoms with Crippen molar-refractivity contribution in [3.8, 4) is 5.75 Å². The van der Waals surface area contributed by atoms with Gasteiger partial charge in [0.05, 0.1) is 12.3 Å². The Morgan fingerprint density at radius 2 is 1.72 bits per heavy atom. The zero-order valence-corrected chi connectivity index (χ0v) is 21.4. The molecule has 2 aromatic carbocycles. The van der Waals surface area contributed by atoms with Crippen LogP contribution in [0.1, 0.15) is 31.2 Å². The maximum absolute atomic E-state index is 13.3. The van der Waals surface area contributed by atoms with Crippen molar-refractivity contribution in [2.24, 2.45) is 5.92 Å². The molecule has 0 spiro atoms. The third-order valence-corrected chi connectivity index (χ3v) is 7.76. The number of piperidine rings is 1. The van der Waals surface area contributed by atoms with Crippen molar-refractivity contribution >= 4 is 28.3 Å². The molecule has 0 N–H and O–H groups in total. The highest BCUT2D eigenvalue weighted by Crippen LogP contribution is 2.30. The number of hydrogen-bond acceptors (Lipinski definition) is 7. The van der Waals surface area contributed by atoms with Gasteiger partial charge in [0.1, 0.15) is 17.4 Å². The van der Waals surface area contributed by atoms with Crippen molar-refractivity contribution in [1.29, 1.82) is 0 Å². The number of halogens is 1. The monoisotopic (exact) mass is 509 g/mol. The van der Waals surface area contributed by atoms with E-state index in [0.29, 0.717) is 13.0 Å². The van der Waals surface area contributed by atoms with Gasteiger partial charge in [-0.05, 0) is 49.6 Å². The molecule has 190 valence electrons. The fourth-order valence-corrected chi connectivity index (χ4v) is 5.71. The summed E-state index contributed by atoms with van der Waals surface area (Å²) in [7, 11) is 0. The van der Waals surface area contributed by atoms with Crippen LogP contribution in [0.4, 0.5) is 15.2 Å². The highest BCUT2D eigenvalue weighted by molar-refractivity contribution is 7.09. The van der Waals surface area contributed by atoms with Crippen molar-refractivity contribution < 1.29 is 13.9 Å². The van der Waals surface area contributed by atoms with E-state index in [1.54, 1.807) is 12.1 Å². The molecule has 0 bridgehead atoms. The van der Waals surface area contributed by atoms with Crippen LogP contribution in [0.3, 0.4) is 0 Å². The Balaban J connectivity index is 1.11. The van der Waals surface area contributed by atoms with Gasteiger partial charge in [-0.1, -0.05) is 24.3 Å². The molecule has 2 aliphatic heterocycles. The van der Waals surface area contributed by atoms with Crippen molar-refractivity contribution in [3.63, 3.8) is 0 Å². The van der Waals surface area contributed by atoms with Gasteiger partial charge in [-0.3, -0.25) is 4.79 Å². The molecule has 0 unspecified atom stereocenters. The lowest BCUT2D eigenvalue weighted by Gasteiger charge is -2.39. The highest BCUT2D eigenvalue weighted by atomic mass is 32.1. The predicted molar refractivity (Wildman–Crippen MR) is 140 cm³/mol. The molecule has 0 radical (unpaired) electrons. The van der Waals surface area contributed by atoms with Crippen molar-refractivity contribution in [2.75, 3.05) is 55.7 Å². The molecule has 1 amide bonds. The minimum absolute atomic E-state index is 0.0649. The first kappa shape index (κ1) is 24.5. The van der Waals surface area contributed by atoms with Crippen LogP contribution in [-0.4, -0.2) is 66.0 Å². The molecular formula is C27H32FN5O2S. The number of hydrogen-bond donors (Lipinski definition) is 0. The third-order valence-electron chi connectivity index (χ3n) is 6.94. The highest BCUT2D eigenvalue weighted by Gasteiger charge is 2.31. The van der Waals surface area contributed by atoms with E-state index in [9.17, 15) is 9.18 Å². The summed E-state index contributed by atoms with van der Waals surface area (Å²) >= 11 is 1.40. The van der Waals surface area contributed by atoms with E-state index >= 15 is 0 Å². The fraction of sp³-hybridized carbons (Fsp3) is 0.444. The lowest BCUT2D eigenvalue weighted by Crippen LogP contribution is -2.51. The number of piperazine rings is 1. The van der Waals surface area contributed by atoms with E-state index in [1.807, 2.05) is 30.0 Å². The number of carbonyl (C=O) groups excluding carboxylic acids is 1. The minimum atomic E-state index is -0.239. The maximum atomic E-state index is 13.3. The van der Waals surface area contributed by atoms with Gasteiger partial charge in [-0.25, -0.2) is 9.37 Å². The summed E-state index contributed by atoms with van der Waals surface area (Å²) in [5, 5.41) is 0.902. The predicted octanol–water partition coefficient (Wildman–Crippen LogP) is 4.23. The Hall–Kier alpha value is -3.20. The molecule has 3 heterocycles. The first-order valence-corrected chi connectivity index (χ1v) is 13.5. The topological polar surface area (TPSA) is 61.8 Å². The number of para-hydroxylation sites is 2. The summed E-state index contributed by atoms with van der Waals surface area (Å²) in [5.74, 6) is 1.77.